The standard InChI is InChI=1S/C14H19NO3.ClH/c16-13-6-4-12(5-7-13)14(17)18-11-10-15-8-2-1-3-9-15;/h4-7,16H,1-3,8-11H2;1H. The Hall–Kier alpha value is -1.26. The fourth-order valence-electron chi connectivity index (χ4n) is 2.13. The van der Waals surface area contributed by atoms with E-state index in [9.17, 15) is 4.79 Å². The van der Waals surface area contributed by atoms with E-state index in [1.807, 2.05) is 0 Å². The Balaban J connectivity index is 0.00000180. The summed E-state index contributed by atoms with van der Waals surface area (Å²) in [5.41, 5.74) is 0.478. The highest BCUT2D eigenvalue weighted by Crippen LogP contribution is 2.11. The third-order valence-electron chi connectivity index (χ3n) is 3.19. The molecule has 19 heavy (non-hydrogen) atoms. The molecule has 0 saturated carbocycles. The van der Waals surface area contributed by atoms with Crippen molar-refractivity contribution in [3.63, 3.8) is 0 Å². The molecule has 5 heteroatoms. The monoisotopic (exact) mass is 285 g/mol. The van der Waals surface area contributed by atoms with Crippen LogP contribution in [-0.4, -0.2) is 42.2 Å². The van der Waals surface area contributed by atoms with Gasteiger partial charge in [0.25, 0.3) is 0 Å². The van der Waals surface area contributed by atoms with Crippen molar-refractivity contribution in [1.82, 2.24) is 4.90 Å². The summed E-state index contributed by atoms with van der Waals surface area (Å²) in [5.74, 6) is -0.174. The number of ether oxygens (including phenoxy) is 1. The highest BCUT2D eigenvalue weighted by molar-refractivity contribution is 5.89. The van der Waals surface area contributed by atoms with Crippen LogP contribution in [0.5, 0.6) is 5.75 Å². The first-order chi connectivity index (χ1) is 8.75. The van der Waals surface area contributed by atoms with Crippen LogP contribution in [0.3, 0.4) is 0 Å². The highest BCUT2D eigenvalue weighted by atomic mass is 35.5. The van der Waals surface area contributed by atoms with Crippen LogP contribution in [0, 0.1) is 0 Å². The lowest BCUT2D eigenvalue weighted by Gasteiger charge is -2.25. The predicted octanol–water partition coefficient (Wildman–Crippen LogP) is 2.46. The van der Waals surface area contributed by atoms with Gasteiger partial charge in [-0.05, 0) is 50.2 Å². The molecule has 2 rings (SSSR count). The Morgan fingerprint density at radius 1 is 1.16 bits per heavy atom. The van der Waals surface area contributed by atoms with Crippen molar-refractivity contribution in [3.05, 3.63) is 29.8 Å². The third kappa shape index (κ3) is 5.09. The number of hydrogen-bond acceptors (Lipinski definition) is 4. The molecule has 0 aromatic heterocycles. The van der Waals surface area contributed by atoms with Gasteiger partial charge < -0.3 is 9.84 Å². The van der Waals surface area contributed by atoms with E-state index in [2.05, 4.69) is 4.90 Å². The van der Waals surface area contributed by atoms with E-state index in [1.54, 1.807) is 12.1 Å². The number of esters is 1. The van der Waals surface area contributed by atoms with Crippen molar-refractivity contribution < 1.29 is 14.6 Å². The van der Waals surface area contributed by atoms with E-state index in [0.717, 1.165) is 19.6 Å². The minimum atomic E-state index is -0.327. The average molecular weight is 286 g/mol. The molecule has 1 N–H and O–H groups in total. The van der Waals surface area contributed by atoms with Crippen LogP contribution < -0.4 is 0 Å². The van der Waals surface area contributed by atoms with Gasteiger partial charge in [0, 0.05) is 6.54 Å². The molecule has 0 unspecified atom stereocenters. The van der Waals surface area contributed by atoms with Crippen molar-refractivity contribution in [3.8, 4) is 5.75 Å². The first kappa shape index (κ1) is 15.8. The minimum Gasteiger partial charge on any atom is -0.508 e. The first-order valence-corrected chi connectivity index (χ1v) is 6.44. The van der Waals surface area contributed by atoms with Crippen molar-refractivity contribution >= 4 is 18.4 Å². The van der Waals surface area contributed by atoms with Crippen LogP contribution in [0.1, 0.15) is 29.6 Å². The van der Waals surface area contributed by atoms with Crippen LogP contribution in [0.2, 0.25) is 0 Å². The maximum absolute atomic E-state index is 11.7. The summed E-state index contributed by atoms with van der Waals surface area (Å²) in [5, 5.41) is 9.13. The summed E-state index contributed by atoms with van der Waals surface area (Å²) < 4.78 is 5.21. The second-order valence-corrected chi connectivity index (χ2v) is 4.59. The number of nitrogens with zero attached hydrogens (tertiary/aromatic N) is 1. The third-order valence-corrected chi connectivity index (χ3v) is 3.19. The number of halogens is 1. The molecule has 4 nitrogen and oxygen atoms in total. The molecule has 0 spiro atoms. The molecular weight excluding hydrogens is 266 g/mol. The van der Waals surface area contributed by atoms with Gasteiger partial charge in [-0.25, -0.2) is 4.79 Å². The molecule has 0 atom stereocenters. The number of rotatable bonds is 4. The SMILES string of the molecule is Cl.O=C(OCCN1CCCCC1)c1ccc(O)cc1. The largest absolute Gasteiger partial charge is 0.508 e. The van der Waals surface area contributed by atoms with Gasteiger partial charge in [-0.2, -0.15) is 0 Å². The number of phenols is 1. The fraction of sp³-hybridized carbons (Fsp3) is 0.500. The number of carbonyl (C=O) groups is 1. The smallest absolute Gasteiger partial charge is 0.338 e. The molecule has 0 amide bonds. The lowest BCUT2D eigenvalue weighted by atomic mass is 10.1. The van der Waals surface area contributed by atoms with Crippen LogP contribution in [-0.2, 0) is 4.74 Å². The number of hydrogen-bond donors (Lipinski definition) is 1. The fourth-order valence-corrected chi connectivity index (χ4v) is 2.13. The molecule has 1 aromatic carbocycles. The second-order valence-electron chi connectivity index (χ2n) is 4.59. The molecule has 1 heterocycles. The van der Waals surface area contributed by atoms with Gasteiger partial charge in [0.05, 0.1) is 5.56 Å². The van der Waals surface area contributed by atoms with Crippen molar-refractivity contribution in [2.24, 2.45) is 0 Å². The Morgan fingerprint density at radius 3 is 2.42 bits per heavy atom. The van der Waals surface area contributed by atoms with Gasteiger partial charge in [-0.3, -0.25) is 4.90 Å². The molecule has 0 aliphatic carbocycles. The Bertz CT molecular complexity index is 388. The molecule has 1 aromatic rings. The Labute approximate surface area is 119 Å². The zero-order valence-corrected chi connectivity index (χ0v) is 11.7. The summed E-state index contributed by atoms with van der Waals surface area (Å²) in [7, 11) is 0. The number of aromatic hydroxyl groups is 1. The van der Waals surface area contributed by atoms with E-state index >= 15 is 0 Å². The van der Waals surface area contributed by atoms with Crippen LogP contribution in [0.4, 0.5) is 0 Å². The van der Waals surface area contributed by atoms with Crippen molar-refractivity contribution in [2.45, 2.75) is 19.3 Å². The average Bonchev–Trinajstić information content (AvgIpc) is 2.40. The molecule has 0 bridgehead atoms. The maximum Gasteiger partial charge on any atom is 0.338 e. The van der Waals surface area contributed by atoms with E-state index in [4.69, 9.17) is 9.84 Å². The first-order valence-electron chi connectivity index (χ1n) is 6.44. The Morgan fingerprint density at radius 2 is 1.79 bits per heavy atom. The van der Waals surface area contributed by atoms with Crippen molar-refractivity contribution in [2.75, 3.05) is 26.2 Å². The normalized spacial score (nSPS) is 15.6. The summed E-state index contributed by atoms with van der Waals surface area (Å²) >= 11 is 0. The van der Waals surface area contributed by atoms with E-state index < -0.39 is 0 Å². The lowest BCUT2D eigenvalue weighted by molar-refractivity contribution is 0.0452. The Kier molecular flexibility index (Phi) is 6.67. The van der Waals surface area contributed by atoms with Gasteiger partial charge in [-0.15, -0.1) is 12.4 Å². The molecule has 1 fully saturated rings. The van der Waals surface area contributed by atoms with Crippen molar-refractivity contribution in [1.29, 1.82) is 0 Å². The molecule has 1 aliphatic rings. The number of piperidine rings is 1. The van der Waals surface area contributed by atoms with Gasteiger partial charge in [0.1, 0.15) is 12.4 Å². The van der Waals surface area contributed by atoms with Crippen LogP contribution >= 0.6 is 12.4 Å². The molecule has 1 saturated heterocycles. The van der Waals surface area contributed by atoms with Crippen LogP contribution in [0.15, 0.2) is 24.3 Å². The quantitative estimate of drug-likeness (QED) is 0.864. The number of likely N-dealkylation sites (tertiary alicyclic amines) is 1. The lowest BCUT2D eigenvalue weighted by Crippen LogP contribution is -2.33. The number of benzene rings is 1. The minimum absolute atomic E-state index is 0. The van der Waals surface area contributed by atoms with Gasteiger partial charge >= 0.3 is 5.97 Å². The van der Waals surface area contributed by atoms with Gasteiger partial charge in [0.15, 0.2) is 0 Å². The molecule has 106 valence electrons. The van der Waals surface area contributed by atoms with Gasteiger partial charge in [0.2, 0.25) is 0 Å². The number of carbonyl (C=O) groups excluding carboxylic acids is 1. The highest BCUT2D eigenvalue weighted by Gasteiger charge is 2.11. The van der Waals surface area contributed by atoms with E-state index in [0.29, 0.717) is 12.2 Å². The molecular formula is C14H20ClNO3. The predicted molar refractivity (Wildman–Crippen MR) is 75.9 cm³/mol. The summed E-state index contributed by atoms with van der Waals surface area (Å²) in [6, 6.07) is 6.11. The summed E-state index contributed by atoms with van der Waals surface area (Å²) in [4.78, 5) is 14.0. The summed E-state index contributed by atoms with van der Waals surface area (Å²) in [6.07, 6.45) is 3.79. The molecule has 1 aliphatic heterocycles. The zero-order chi connectivity index (χ0) is 12.8. The second kappa shape index (κ2) is 8.02. The summed E-state index contributed by atoms with van der Waals surface area (Å²) in [6.45, 7) is 3.46. The maximum atomic E-state index is 11.7. The van der Waals surface area contributed by atoms with E-state index in [1.165, 1.54) is 31.4 Å². The number of phenolic OH excluding ortho intramolecular Hbond substituents is 1. The zero-order valence-electron chi connectivity index (χ0n) is 10.9. The topological polar surface area (TPSA) is 49.8 Å². The van der Waals surface area contributed by atoms with Crippen LogP contribution in [0.25, 0.3) is 0 Å². The van der Waals surface area contributed by atoms with E-state index in [-0.39, 0.29) is 24.1 Å². The molecule has 0 radical (unpaired) electrons. The van der Waals surface area contributed by atoms with Gasteiger partial charge in [-0.1, -0.05) is 6.42 Å².